The van der Waals surface area contributed by atoms with E-state index in [1.54, 1.807) is 6.07 Å². The maximum Gasteiger partial charge on any atom is 0.251 e. The van der Waals surface area contributed by atoms with Crippen LogP contribution in [0.25, 0.3) is 0 Å². The van der Waals surface area contributed by atoms with Gasteiger partial charge >= 0.3 is 0 Å². The number of nitrogens with one attached hydrogen (secondary N) is 2. The van der Waals surface area contributed by atoms with Crippen LogP contribution < -0.4 is 10.0 Å². The summed E-state index contributed by atoms with van der Waals surface area (Å²) < 4.78 is 27.5. The first-order chi connectivity index (χ1) is 12.4. The molecule has 0 bridgehead atoms. The van der Waals surface area contributed by atoms with Crippen molar-refractivity contribution in [1.29, 1.82) is 0 Å². The van der Waals surface area contributed by atoms with Crippen molar-refractivity contribution in [3.05, 3.63) is 28.8 Å². The second kappa shape index (κ2) is 8.25. The molecule has 144 valence electrons. The van der Waals surface area contributed by atoms with Crippen LogP contribution in [0.15, 0.2) is 23.1 Å². The number of carbonyl (C=O) groups excluding carboxylic acids is 1. The minimum absolute atomic E-state index is 0.0122. The molecule has 6 nitrogen and oxygen atoms in total. The molecule has 2 fully saturated rings. The summed E-state index contributed by atoms with van der Waals surface area (Å²) in [6.07, 6.45) is 4.64. The molecule has 2 aliphatic rings. The van der Waals surface area contributed by atoms with Gasteiger partial charge in [0.05, 0.1) is 5.02 Å². The van der Waals surface area contributed by atoms with E-state index in [1.807, 2.05) is 0 Å². The number of carbonyl (C=O) groups is 1. The zero-order valence-corrected chi connectivity index (χ0v) is 16.6. The van der Waals surface area contributed by atoms with Crippen molar-refractivity contribution in [2.75, 3.05) is 19.6 Å². The van der Waals surface area contributed by atoms with Crippen molar-refractivity contribution < 1.29 is 13.2 Å². The third kappa shape index (κ3) is 4.97. The van der Waals surface area contributed by atoms with Crippen LogP contribution >= 0.6 is 11.6 Å². The predicted octanol–water partition coefficient (Wildman–Crippen LogP) is 2.38. The molecule has 1 aromatic carbocycles. The molecule has 1 aliphatic carbocycles. The average Bonchev–Trinajstić information content (AvgIpc) is 3.40. The molecule has 1 heterocycles. The Hall–Kier alpha value is -1.15. The Kier molecular flexibility index (Phi) is 6.22. The second-order valence-corrected chi connectivity index (χ2v) is 9.22. The summed E-state index contributed by atoms with van der Waals surface area (Å²) in [5.41, 5.74) is 0.321. The van der Waals surface area contributed by atoms with Crippen molar-refractivity contribution >= 4 is 27.5 Å². The van der Waals surface area contributed by atoms with E-state index in [4.69, 9.17) is 11.6 Å². The lowest BCUT2D eigenvalue weighted by atomic mass is 10.0. The third-order valence-electron chi connectivity index (χ3n) is 4.84. The van der Waals surface area contributed by atoms with Crippen LogP contribution in [0.2, 0.25) is 5.02 Å². The Balaban J connectivity index is 1.65. The first-order valence-electron chi connectivity index (χ1n) is 9.24. The lowest BCUT2D eigenvalue weighted by molar-refractivity contribution is 0.0911. The molecule has 1 amide bonds. The van der Waals surface area contributed by atoms with Crippen LogP contribution in [0.4, 0.5) is 0 Å². The number of sulfonamides is 1. The Morgan fingerprint density at radius 3 is 2.50 bits per heavy atom. The summed E-state index contributed by atoms with van der Waals surface area (Å²) in [5, 5.41) is 3.15. The fraction of sp³-hybridized carbons (Fsp3) is 0.611. The number of hydrogen-bond acceptors (Lipinski definition) is 4. The number of hydrogen-bond donors (Lipinski definition) is 2. The number of nitrogens with zero attached hydrogens (tertiary/aromatic N) is 1. The van der Waals surface area contributed by atoms with Gasteiger partial charge in [-0.15, -0.1) is 0 Å². The lowest BCUT2D eigenvalue weighted by Crippen LogP contribution is -2.44. The number of rotatable bonds is 7. The summed E-state index contributed by atoms with van der Waals surface area (Å²) in [6.45, 7) is 5.21. The van der Waals surface area contributed by atoms with Crippen molar-refractivity contribution in [1.82, 2.24) is 14.9 Å². The molecule has 8 heteroatoms. The predicted molar refractivity (Wildman–Crippen MR) is 102 cm³/mol. The fourth-order valence-corrected chi connectivity index (χ4v) is 5.05. The standard InChI is InChI=1S/C18H26ClN3O3S/c1-2-9-22-10-7-14(8-11-22)20-18(23)13-3-6-16(19)17(12-13)26(24,25)21-15-4-5-15/h3,6,12,14-15,21H,2,4-5,7-11H2,1H3,(H,20,23). The maximum absolute atomic E-state index is 12.6. The van der Waals surface area contributed by atoms with Gasteiger partial charge in [-0.1, -0.05) is 18.5 Å². The first kappa shape index (κ1) is 19.6. The van der Waals surface area contributed by atoms with E-state index >= 15 is 0 Å². The number of likely N-dealkylation sites (tertiary alicyclic amines) is 1. The summed E-state index contributed by atoms with van der Waals surface area (Å²) in [5.74, 6) is -0.251. The van der Waals surface area contributed by atoms with E-state index in [1.165, 1.54) is 12.1 Å². The molecule has 26 heavy (non-hydrogen) atoms. The topological polar surface area (TPSA) is 78.5 Å². The van der Waals surface area contributed by atoms with Gasteiger partial charge in [0.2, 0.25) is 10.0 Å². The van der Waals surface area contributed by atoms with Gasteiger partial charge in [-0.2, -0.15) is 0 Å². The van der Waals surface area contributed by atoms with Gasteiger partial charge in [0, 0.05) is 30.7 Å². The normalized spacial score (nSPS) is 19.5. The van der Waals surface area contributed by atoms with E-state index in [-0.39, 0.29) is 27.9 Å². The van der Waals surface area contributed by atoms with Crippen LogP contribution in [0.5, 0.6) is 0 Å². The van der Waals surface area contributed by atoms with Crippen molar-refractivity contribution in [2.24, 2.45) is 0 Å². The van der Waals surface area contributed by atoms with Crippen molar-refractivity contribution in [2.45, 2.75) is 56.0 Å². The van der Waals surface area contributed by atoms with Gasteiger partial charge in [-0.3, -0.25) is 4.79 Å². The third-order valence-corrected chi connectivity index (χ3v) is 6.85. The molecular weight excluding hydrogens is 374 g/mol. The first-order valence-corrected chi connectivity index (χ1v) is 11.1. The molecule has 0 spiro atoms. The molecule has 1 saturated heterocycles. The Morgan fingerprint density at radius 2 is 1.88 bits per heavy atom. The van der Waals surface area contributed by atoms with E-state index in [0.29, 0.717) is 5.56 Å². The van der Waals surface area contributed by atoms with Gasteiger partial charge in [-0.25, -0.2) is 13.1 Å². The minimum Gasteiger partial charge on any atom is -0.349 e. The molecule has 0 aromatic heterocycles. The summed E-state index contributed by atoms with van der Waals surface area (Å²) in [4.78, 5) is 14.9. The molecular formula is C18H26ClN3O3S. The zero-order chi connectivity index (χ0) is 18.7. The molecule has 1 saturated carbocycles. The van der Waals surface area contributed by atoms with Crippen LogP contribution in [0.1, 0.15) is 49.4 Å². The summed E-state index contributed by atoms with van der Waals surface area (Å²) in [6, 6.07) is 4.52. The van der Waals surface area contributed by atoms with Gasteiger partial charge in [0.15, 0.2) is 0 Å². The quantitative estimate of drug-likeness (QED) is 0.737. The Labute approximate surface area is 160 Å². The number of piperidine rings is 1. The lowest BCUT2D eigenvalue weighted by Gasteiger charge is -2.32. The summed E-state index contributed by atoms with van der Waals surface area (Å²) in [7, 11) is -3.70. The van der Waals surface area contributed by atoms with Gasteiger partial charge in [0.1, 0.15) is 4.90 Å². The molecule has 0 atom stereocenters. The molecule has 2 N–H and O–H groups in total. The molecule has 1 aromatic rings. The highest BCUT2D eigenvalue weighted by Crippen LogP contribution is 2.27. The maximum atomic E-state index is 12.6. The molecule has 3 rings (SSSR count). The number of halogens is 1. The molecule has 0 radical (unpaired) electrons. The van der Waals surface area contributed by atoms with Crippen molar-refractivity contribution in [3.63, 3.8) is 0 Å². The highest BCUT2D eigenvalue weighted by Gasteiger charge is 2.30. The van der Waals surface area contributed by atoms with Gasteiger partial charge < -0.3 is 10.2 Å². The Bertz CT molecular complexity index is 757. The highest BCUT2D eigenvalue weighted by molar-refractivity contribution is 7.89. The van der Waals surface area contributed by atoms with Crippen LogP contribution in [-0.2, 0) is 10.0 Å². The van der Waals surface area contributed by atoms with Crippen LogP contribution in [0.3, 0.4) is 0 Å². The van der Waals surface area contributed by atoms with Crippen LogP contribution in [-0.4, -0.2) is 50.9 Å². The minimum atomic E-state index is -3.70. The fourth-order valence-electron chi connectivity index (χ4n) is 3.22. The second-order valence-electron chi connectivity index (χ2n) is 7.13. The van der Waals surface area contributed by atoms with E-state index in [2.05, 4.69) is 21.9 Å². The smallest absolute Gasteiger partial charge is 0.251 e. The molecule has 1 aliphatic heterocycles. The van der Waals surface area contributed by atoms with Gasteiger partial charge in [0.25, 0.3) is 5.91 Å². The highest BCUT2D eigenvalue weighted by atomic mass is 35.5. The number of amides is 1. The summed E-state index contributed by atoms with van der Waals surface area (Å²) >= 11 is 6.07. The van der Waals surface area contributed by atoms with E-state index < -0.39 is 10.0 Å². The molecule has 0 unspecified atom stereocenters. The largest absolute Gasteiger partial charge is 0.349 e. The zero-order valence-electron chi connectivity index (χ0n) is 15.0. The monoisotopic (exact) mass is 399 g/mol. The van der Waals surface area contributed by atoms with Crippen molar-refractivity contribution in [3.8, 4) is 0 Å². The average molecular weight is 400 g/mol. The van der Waals surface area contributed by atoms with E-state index in [9.17, 15) is 13.2 Å². The van der Waals surface area contributed by atoms with Crippen LogP contribution in [0, 0.1) is 0 Å². The Morgan fingerprint density at radius 1 is 1.19 bits per heavy atom. The van der Waals surface area contributed by atoms with Gasteiger partial charge in [-0.05, 0) is 56.8 Å². The SMILES string of the molecule is CCCN1CCC(NC(=O)c2ccc(Cl)c(S(=O)(=O)NC3CC3)c2)CC1. The van der Waals surface area contributed by atoms with E-state index in [0.717, 1.165) is 51.7 Å². The number of benzene rings is 1.